The fourth-order valence-corrected chi connectivity index (χ4v) is 3.25. The number of ether oxygens (including phenoxy) is 1. The predicted octanol–water partition coefficient (Wildman–Crippen LogP) is 2.69. The Bertz CT molecular complexity index is 319. The highest BCUT2D eigenvalue weighted by Crippen LogP contribution is 2.42. The number of piperidine rings is 1. The summed E-state index contributed by atoms with van der Waals surface area (Å²) in [5.74, 6) is 0. The number of aliphatic hydroxyl groups is 1. The highest BCUT2D eigenvalue weighted by Gasteiger charge is 2.47. The molecule has 0 aromatic rings. The molecular weight excluding hydrogens is 230 g/mol. The van der Waals surface area contributed by atoms with Crippen molar-refractivity contribution in [3.63, 3.8) is 0 Å². The third-order valence-electron chi connectivity index (χ3n) is 4.02. The number of likely N-dealkylation sites (tertiary alicyclic amines) is 1. The topological polar surface area (TPSA) is 49.8 Å². The van der Waals surface area contributed by atoms with Crippen LogP contribution in [0.5, 0.6) is 0 Å². The Hall–Kier alpha value is -0.770. The maximum Gasteiger partial charge on any atom is 0.410 e. The lowest BCUT2D eigenvalue weighted by Gasteiger charge is -2.45. The SMILES string of the molecule is CC(C)(C)OC(=O)N1CCCC[C@]12CC[C@H](O)C2. The first-order valence-corrected chi connectivity index (χ1v) is 7.01. The smallest absolute Gasteiger partial charge is 0.410 e. The molecule has 1 N–H and O–H groups in total. The fraction of sp³-hybridized carbons (Fsp3) is 0.929. The van der Waals surface area contributed by atoms with E-state index in [4.69, 9.17) is 4.74 Å². The predicted molar refractivity (Wildman–Crippen MR) is 69.4 cm³/mol. The van der Waals surface area contributed by atoms with Crippen molar-refractivity contribution in [3.8, 4) is 0 Å². The van der Waals surface area contributed by atoms with Gasteiger partial charge in [0.2, 0.25) is 0 Å². The maximum absolute atomic E-state index is 12.3. The van der Waals surface area contributed by atoms with E-state index in [9.17, 15) is 9.90 Å². The minimum atomic E-state index is -0.451. The van der Waals surface area contributed by atoms with Crippen molar-refractivity contribution in [2.24, 2.45) is 0 Å². The van der Waals surface area contributed by atoms with Gasteiger partial charge in [-0.25, -0.2) is 4.79 Å². The van der Waals surface area contributed by atoms with E-state index < -0.39 is 5.60 Å². The molecule has 0 aromatic carbocycles. The van der Waals surface area contributed by atoms with Gasteiger partial charge < -0.3 is 14.7 Å². The molecule has 0 radical (unpaired) electrons. The van der Waals surface area contributed by atoms with Gasteiger partial charge in [0.15, 0.2) is 0 Å². The Morgan fingerprint density at radius 2 is 2.06 bits per heavy atom. The van der Waals surface area contributed by atoms with E-state index in [-0.39, 0.29) is 17.7 Å². The molecule has 4 heteroatoms. The molecule has 1 aliphatic carbocycles. The fourth-order valence-electron chi connectivity index (χ4n) is 3.25. The minimum absolute atomic E-state index is 0.139. The monoisotopic (exact) mass is 255 g/mol. The van der Waals surface area contributed by atoms with E-state index in [0.29, 0.717) is 6.42 Å². The summed E-state index contributed by atoms with van der Waals surface area (Å²) < 4.78 is 5.50. The third-order valence-corrected chi connectivity index (χ3v) is 4.02. The summed E-state index contributed by atoms with van der Waals surface area (Å²) in [4.78, 5) is 14.2. The number of hydrogen-bond donors (Lipinski definition) is 1. The molecule has 2 atom stereocenters. The van der Waals surface area contributed by atoms with E-state index in [1.54, 1.807) is 0 Å². The van der Waals surface area contributed by atoms with Gasteiger partial charge in [-0.3, -0.25) is 0 Å². The largest absolute Gasteiger partial charge is 0.444 e. The van der Waals surface area contributed by atoms with Crippen molar-refractivity contribution in [2.75, 3.05) is 6.54 Å². The van der Waals surface area contributed by atoms with Crippen molar-refractivity contribution in [1.29, 1.82) is 0 Å². The van der Waals surface area contributed by atoms with E-state index in [2.05, 4.69) is 0 Å². The van der Waals surface area contributed by atoms with Gasteiger partial charge in [-0.1, -0.05) is 0 Å². The zero-order chi connectivity index (χ0) is 13.4. The van der Waals surface area contributed by atoms with Gasteiger partial charge in [0, 0.05) is 12.1 Å². The van der Waals surface area contributed by atoms with Crippen molar-refractivity contribution in [1.82, 2.24) is 4.90 Å². The highest BCUT2D eigenvalue weighted by molar-refractivity contribution is 5.69. The van der Waals surface area contributed by atoms with Crippen LogP contribution in [0.15, 0.2) is 0 Å². The molecule has 4 nitrogen and oxygen atoms in total. The lowest BCUT2D eigenvalue weighted by atomic mass is 9.85. The lowest BCUT2D eigenvalue weighted by molar-refractivity contribution is -0.0173. The second-order valence-electron chi connectivity index (χ2n) is 6.71. The number of amides is 1. The first-order chi connectivity index (χ1) is 8.32. The van der Waals surface area contributed by atoms with Crippen molar-refractivity contribution >= 4 is 6.09 Å². The molecule has 2 rings (SSSR count). The Labute approximate surface area is 109 Å². The van der Waals surface area contributed by atoms with Crippen LogP contribution in [0.1, 0.15) is 59.3 Å². The molecule has 0 bridgehead atoms. The van der Waals surface area contributed by atoms with Gasteiger partial charge in [-0.2, -0.15) is 0 Å². The molecule has 2 fully saturated rings. The molecule has 1 saturated carbocycles. The molecule has 18 heavy (non-hydrogen) atoms. The van der Waals surface area contributed by atoms with E-state index in [1.165, 1.54) is 0 Å². The van der Waals surface area contributed by atoms with Gasteiger partial charge in [0.05, 0.1) is 6.10 Å². The average Bonchev–Trinajstić information content (AvgIpc) is 2.58. The van der Waals surface area contributed by atoms with Gasteiger partial charge in [0.1, 0.15) is 5.60 Å². The Kier molecular flexibility index (Phi) is 3.58. The Morgan fingerprint density at radius 3 is 2.61 bits per heavy atom. The number of rotatable bonds is 0. The van der Waals surface area contributed by atoms with E-state index >= 15 is 0 Å². The summed E-state index contributed by atoms with van der Waals surface area (Å²) in [6, 6.07) is 0. The second kappa shape index (κ2) is 4.72. The Morgan fingerprint density at radius 1 is 1.33 bits per heavy atom. The summed E-state index contributed by atoms with van der Waals surface area (Å²) in [7, 11) is 0. The van der Waals surface area contributed by atoms with Crippen LogP contribution in [0.3, 0.4) is 0 Å². The number of carbonyl (C=O) groups is 1. The standard InChI is InChI=1S/C14H25NO3/c1-13(2,3)18-12(17)15-9-5-4-7-14(15)8-6-11(16)10-14/h11,16H,4-10H2,1-3H3/t11-,14+/m0/s1. The third kappa shape index (κ3) is 2.79. The molecule has 104 valence electrons. The quantitative estimate of drug-likeness (QED) is 0.724. The lowest BCUT2D eigenvalue weighted by Crippen LogP contribution is -2.54. The summed E-state index contributed by atoms with van der Waals surface area (Å²) in [6.45, 7) is 6.45. The number of nitrogens with zero attached hydrogens (tertiary/aromatic N) is 1. The van der Waals surface area contributed by atoms with Crippen LogP contribution < -0.4 is 0 Å². The molecule has 2 aliphatic rings. The molecule has 0 aromatic heterocycles. The molecular formula is C14H25NO3. The minimum Gasteiger partial charge on any atom is -0.444 e. The second-order valence-corrected chi connectivity index (χ2v) is 6.71. The van der Waals surface area contributed by atoms with Crippen LogP contribution in [0.4, 0.5) is 4.79 Å². The van der Waals surface area contributed by atoms with Crippen LogP contribution in [0.25, 0.3) is 0 Å². The van der Waals surface area contributed by atoms with Crippen LogP contribution in [-0.4, -0.2) is 39.9 Å². The maximum atomic E-state index is 12.3. The van der Waals surface area contributed by atoms with Crippen molar-refractivity contribution in [2.45, 2.75) is 76.5 Å². The first kappa shape index (κ1) is 13.7. The zero-order valence-electron chi connectivity index (χ0n) is 11.7. The molecule has 0 unspecified atom stereocenters. The van der Waals surface area contributed by atoms with Gasteiger partial charge in [-0.15, -0.1) is 0 Å². The average molecular weight is 255 g/mol. The van der Waals surface area contributed by atoms with Crippen molar-refractivity contribution < 1.29 is 14.6 Å². The van der Waals surface area contributed by atoms with E-state index in [1.807, 2.05) is 25.7 Å². The van der Waals surface area contributed by atoms with Crippen molar-refractivity contribution in [3.05, 3.63) is 0 Å². The number of carbonyl (C=O) groups excluding carboxylic acids is 1. The summed E-state index contributed by atoms with van der Waals surface area (Å²) >= 11 is 0. The van der Waals surface area contributed by atoms with Crippen LogP contribution >= 0.6 is 0 Å². The summed E-state index contributed by atoms with van der Waals surface area (Å²) in [5.41, 5.74) is -0.590. The van der Waals surface area contributed by atoms with Crippen LogP contribution in [-0.2, 0) is 4.74 Å². The molecule has 1 spiro atoms. The molecule has 1 aliphatic heterocycles. The molecule has 1 amide bonds. The van der Waals surface area contributed by atoms with Gasteiger partial charge in [0.25, 0.3) is 0 Å². The molecule has 1 saturated heterocycles. The normalized spacial score (nSPS) is 32.9. The Balaban J connectivity index is 2.11. The van der Waals surface area contributed by atoms with Crippen LogP contribution in [0.2, 0.25) is 0 Å². The molecule has 1 heterocycles. The summed E-state index contributed by atoms with van der Waals surface area (Å²) in [6.07, 6.45) is 5.15. The summed E-state index contributed by atoms with van der Waals surface area (Å²) in [5, 5.41) is 9.80. The zero-order valence-corrected chi connectivity index (χ0v) is 11.7. The number of hydrogen-bond acceptors (Lipinski definition) is 3. The van der Waals surface area contributed by atoms with E-state index in [0.717, 1.165) is 38.6 Å². The number of aliphatic hydroxyl groups excluding tert-OH is 1. The van der Waals surface area contributed by atoms with Gasteiger partial charge in [-0.05, 0) is 59.3 Å². The van der Waals surface area contributed by atoms with Crippen LogP contribution in [0, 0.1) is 0 Å². The first-order valence-electron chi connectivity index (χ1n) is 7.01. The van der Waals surface area contributed by atoms with Gasteiger partial charge >= 0.3 is 6.09 Å². The highest BCUT2D eigenvalue weighted by atomic mass is 16.6.